The number of amides is 2. The van der Waals surface area contributed by atoms with Crippen molar-refractivity contribution < 1.29 is 35.9 Å². The van der Waals surface area contributed by atoms with Gasteiger partial charge >= 0.3 is 0 Å². The van der Waals surface area contributed by atoms with E-state index in [1.54, 1.807) is 65.5 Å². The Morgan fingerprint density at radius 3 is 2.19 bits per heavy atom. The Morgan fingerprint density at radius 2 is 1.52 bits per heavy atom. The van der Waals surface area contributed by atoms with Crippen molar-refractivity contribution in [3.63, 3.8) is 0 Å². The minimum atomic E-state index is -0.466. The second kappa shape index (κ2) is 9.75. The molecule has 6 nitrogen and oxygen atoms in total. The topological polar surface area (TPSA) is 79.2 Å². The number of thiophene rings is 1. The second-order valence-electron chi connectivity index (χ2n) is 5.44. The van der Waals surface area contributed by atoms with E-state index in [0.29, 0.717) is 16.0 Å². The number of benzene rings is 1. The second-order valence-corrected chi connectivity index (χ2v) is 6.39. The molecule has 2 aromatic heterocycles. The largest absolute Gasteiger partial charge is 1.00 e. The van der Waals surface area contributed by atoms with Crippen LogP contribution in [0.25, 0.3) is 0 Å². The van der Waals surface area contributed by atoms with E-state index in [0.717, 1.165) is 0 Å². The molecule has 0 saturated heterocycles. The van der Waals surface area contributed by atoms with Crippen molar-refractivity contribution >= 4 is 28.9 Å². The third-order valence-corrected chi connectivity index (χ3v) is 4.48. The zero-order valence-electron chi connectivity index (χ0n) is 14.1. The van der Waals surface area contributed by atoms with Gasteiger partial charge in [-0.05, 0) is 29.6 Å². The smallest absolute Gasteiger partial charge is 0.275 e. The number of nitrogens with zero attached hydrogens (tertiary/aromatic N) is 1. The van der Waals surface area contributed by atoms with Gasteiger partial charge in [-0.3, -0.25) is 25.2 Å². The Kier molecular flexibility index (Phi) is 7.39. The monoisotopic (exact) mass is 445 g/mol. The lowest BCUT2D eigenvalue weighted by Gasteiger charge is -2.06. The molecule has 0 radical (unpaired) electrons. The number of carbonyl (C=O) groups excluding carboxylic acids is 3. The van der Waals surface area contributed by atoms with E-state index >= 15 is 0 Å². The van der Waals surface area contributed by atoms with Gasteiger partial charge in [0.25, 0.3) is 11.8 Å². The van der Waals surface area contributed by atoms with E-state index in [1.165, 1.54) is 11.3 Å². The van der Waals surface area contributed by atoms with Crippen molar-refractivity contribution in [1.82, 2.24) is 10.9 Å². The number of carbonyl (C=O) groups is 3. The molecule has 0 spiro atoms. The standard InChI is InChI=1S/C19H15N3O3S.BrH/c23-16(17-9-5-11-26-17)13-22-10-4-8-15(12-22)19(25)21-20-18(24)14-6-2-1-3-7-14;/h1-12H,13H2,(H-,20,21,24,25);1H. The highest BCUT2D eigenvalue weighted by molar-refractivity contribution is 7.12. The molecule has 0 unspecified atom stereocenters. The zero-order chi connectivity index (χ0) is 18.4. The minimum Gasteiger partial charge on any atom is -1.00 e. The maximum Gasteiger partial charge on any atom is 0.275 e. The summed E-state index contributed by atoms with van der Waals surface area (Å²) in [6.45, 7) is 0.137. The van der Waals surface area contributed by atoms with Gasteiger partial charge in [-0.2, -0.15) is 4.57 Å². The Bertz CT molecular complexity index is 930. The molecular formula is C19H16BrN3O3S. The average molecular weight is 446 g/mol. The number of halogens is 1. The van der Waals surface area contributed by atoms with Crippen LogP contribution in [0.1, 0.15) is 30.4 Å². The molecule has 0 aliphatic carbocycles. The lowest BCUT2D eigenvalue weighted by Crippen LogP contribution is -3.00. The molecule has 138 valence electrons. The Morgan fingerprint density at radius 1 is 0.852 bits per heavy atom. The van der Waals surface area contributed by atoms with Crippen molar-refractivity contribution in [1.29, 1.82) is 0 Å². The molecule has 2 heterocycles. The zero-order valence-corrected chi connectivity index (χ0v) is 16.5. The van der Waals surface area contributed by atoms with Crippen molar-refractivity contribution in [2.24, 2.45) is 0 Å². The first-order valence-electron chi connectivity index (χ1n) is 7.85. The molecular weight excluding hydrogens is 430 g/mol. The van der Waals surface area contributed by atoms with Gasteiger partial charge in [-0.15, -0.1) is 11.3 Å². The summed E-state index contributed by atoms with van der Waals surface area (Å²) >= 11 is 1.38. The lowest BCUT2D eigenvalue weighted by molar-refractivity contribution is -0.683. The van der Waals surface area contributed by atoms with Crippen LogP contribution < -0.4 is 32.4 Å². The Hall–Kier alpha value is -2.84. The normalized spacial score (nSPS) is 9.78. The maximum absolute atomic E-state index is 12.2. The number of ketones is 1. The number of hydrogen-bond donors (Lipinski definition) is 2. The molecule has 0 bridgehead atoms. The predicted molar refractivity (Wildman–Crippen MR) is 96.7 cm³/mol. The van der Waals surface area contributed by atoms with E-state index in [2.05, 4.69) is 10.9 Å². The molecule has 1 aromatic carbocycles. The van der Waals surface area contributed by atoms with Crippen molar-refractivity contribution in [3.05, 3.63) is 88.4 Å². The van der Waals surface area contributed by atoms with E-state index < -0.39 is 11.8 Å². The molecule has 0 saturated carbocycles. The van der Waals surface area contributed by atoms with Crippen molar-refractivity contribution in [3.8, 4) is 0 Å². The third kappa shape index (κ3) is 5.57. The summed E-state index contributed by atoms with van der Waals surface area (Å²) in [6, 6.07) is 15.4. The number of Topliss-reactive ketones (excluding diaryl/α,β-unsaturated/α-hetero) is 1. The van der Waals surface area contributed by atoms with Gasteiger partial charge in [0.05, 0.1) is 4.88 Å². The summed E-state index contributed by atoms with van der Waals surface area (Å²) in [5, 5.41) is 1.84. The first-order valence-corrected chi connectivity index (χ1v) is 8.73. The van der Waals surface area contributed by atoms with Crippen LogP contribution in [0.15, 0.2) is 72.4 Å². The Balaban J connectivity index is 0.00000261. The molecule has 3 rings (SSSR count). The molecule has 0 aliphatic rings. The highest BCUT2D eigenvalue weighted by atomic mass is 79.9. The van der Waals surface area contributed by atoms with Crippen molar-refractivity contribution in [2.75, 3.05) is 0 Å². The van der Waals surface area contributed by atoms with Crippen LogP contribution in [-0.2, 0) is 6.54 Å². The van der Waals surface area contributed by atoms with Crippen LogP contribution in [0.5, 0.6) is 0 Å². The maximum atomic E-state index is 12.2. The molecule has 3 aromatic rings. The van der Waals surface area contributed by atoms with Crippen LogP contribution in [0.3, 0.4) is 0 Å². The lowest BCUT2D eigenvalue weighted by atomic mass is 10.2. The first kappa shape index (κ1) is 20.5. The summed E-state index contributed by atoms with van der Waals surface area (Å²) < 4.78 is 1.63. The molecule has 27 heavy (non-hydrogen) atoms. The first-order chi connectivity index (χ1) is 12.6. The summed E-state index contributed by atoms with van der Waals surface area (Å²) in [5.41, 5.74) is 5.51. The quantitative estimate of drug-likeness (QED) is 0.300. The van der Waals surface area contributed by atoms with Crippen molar-refractivity contribution in [2.45, 2.75) is 6.54 Å². The van der Waals surface area contributed by atoms with Gasteiger partial charge in [0.1, 0.15) is 5.56 Å². The summed E-state index contributed by atoms with van der Waals surface area (Å²) in [7, 11) is 0. The number of pyridine rings is 1. The number of hydrazine groups is 1. The minimum absolute atomic E-state index is 0. The fourth-order valence-electron chi connectivity index (χ4n) is 2.28. The number of nitrogens with one attached hydrogen (secondary N) is 2. The van der Waals surface area contributed by atoms with Crippen LogP contribution in [0, 0.1) is 0 Å². The van der Waals surface area contributed by atoms with Crippen LogP contribution in [-0.4, -0.2) is 17.6 Å². The van der Waals surface area contributed by atoms with E-state index in [9.17, 15) is 14.4 Å². The van der Waals surface area contributed by atoms with Gasteiger partial charge in [-0.1, -0.05) is 24.3 Å². The van der Waals surface area contributed by atoms with Gasteiger partial charge in [0, 0.05) is 11.6 Å². The van der Waals surface area contributed by atoms with Crippen LogP contribution in [0.2, 0.25) is 0 Å². The number of aromatic nitrogens is 1. The number of rotatable bonds is 5. The fraction of sp³-hybridized carbons (Fsp3) is 0.0526. The molecule has 0 atom stereocenters. The molecule has 2 N–H and O–H groups in total. The molecule has 0 fully saturated rings. The van der Waals surface area contributed by atoms with Crippen LogP contribution in [0.4, 0.5) is 0 Å². The van der Waals surface area contributed by atoms with Gasteiger partial charge in [0.2, 0.25) is 12.3 Å². The summed E-state index contributed by atoms with van der Waals surface area (Å²) in [4.78, 5) is 37.0. The van der Waals surface area contributed by atoms with Gasteiger partial charge < -0.3 is 17.0 Å². The molecule has 8 heteroatoms. The Labute approximate surface area is 170 Å². The van der Waals surface area contributed by atoms with Gasteiger partial charge in [0.15, 0.2) is 12.4 Å². The molecule has 2 amide bonds. The SMILES string of the molecule is O=C(NNC(=O)c1ccc[n+](CC(=O)c2cccs2)c1)c1ccccc1.[Br-]. The van der Waals surface area contributed by atoms with E-state index in [-0.39, 0.29) is 29.3 Å². The summed E-state index contributed by atoms with van der Waals surface area (Å²) in [5.74, 6) is -0.900. The average Bonchev–Trinajstić information content (AvgIpc) is 3.22. The van der Waals surface area contributed by atoms with Crippen LogP contribution >= 0.6 is 11.3 Å². The summed E-state index contributed by atoms with van der Waals surface area (Å²) in [6.07, 6.45) is 3.28. The van der Waals surface area contributed by atoms with E-state index in [4.69, 9.17) is 0 Å². The highest BCUT2D eigenvalue weighted by Crippen LogP contribution is 2.09. The highest BCUT2D eigenvalue weighted by Gasteiger charge is 2.16. The predicted octanol–water partition coefficient (Wildman–Crippen LogP) is -1.00. The fourth-order valence-corrected chi connectivity index (χ4v) is 2.94. The van der Waals surface area contributed by atoms with E-state index in [1.807, 2.05) is 11.4 Å². The third-order valence-electron chi connectivity index (χ3n) is 3.57. The molecule has 0 aliphatic heterocycles. The van der Waals surface area contributed by atoms with Gasteiger partial charge in [-0.25, -0.2) is 0 Å². The number of hydrogen-bond acceptors (Lipinski definition) is 4.